The molecule has 16 heavy (non-hydrogen) atoms. The van der Waals surface area contributed by atoms with Gasteiger partial charge < -0.3 is 5.11 Å². The molecule has 0 radical (unpaired) electrons. The number of rotatable bonds is 4. The lowest BCUT2D eigenvalue weighted by Crippen LogP contribution is -2.14. The van der Waals surface area contributed by atoms with Gasteiger partial charge >= 0.3 is 5.97 Å². The zero-order valence-electron chi connectivity index (χ0n) is 9.06. The first-order valence-corrected chi connectivity index (χ1v) is 6.21. The summed E-state index contributed by atoms with van der Waals surface area (Å²) in [6.07, 6.45) is 3.52. The Bertz CT molecular complexity index is 391. The Morgan fingerprint density at radius 2 is 2.38 bits per heavy atom. The van der Waals surface area contributed by atoms with Crippen LogP contribution in [0.1, 0.15) is 31.4 Å². The number of carboxylic acid groups (broad SMARTS) is 1. The Morgan fingerprint density at radius 1 is 1.69 bits per heavy atom. The van der Waals surface area contributed by atoms with E-state index in [1.807, 2.05) is 6.07 Å². The van der Waals surface area contributed by atoms with Crippen LogP contribution in [0.5, 0.6) is 0 Å². The molecule has 1 heterocycles. The van der Waals surface area contributed by atoms with Gasteiger partial charge in [0.2, 0.25) is 0 Å². The molecule has 4 heteroatoms. The average molecular weight is 284 g/mol. The van der Waals surface area contributed by atoms with Gasteiger partial charge in [-0.25, -0.2) is 0 Å². The number of carboxylic acids is 1. The molecule has 0 bridgehead atoms. The lowest BCUT2D eigenvalue weighted by Gasteiger charge is -2.11. The van der Waals surface area contributed by atoms with Crippen LogP contribution >= 0.6 is 15.9 Å². The molecule has 0 amide bonds. The van der Waals surface area contributed by atoms with E-state index in [9.17, 15) is 9.90 Å². The lowest BCUT2D eigenvalue weighted by atomic mass is 9.97. The predicted molar refractivity (Wildman–Crippen MR) is 64.2 cm³/mol. The fourth-order valence-corrected chi connectivity index (χ4v) is 2.21. The van der Waals surface area contributed by atoms with Crippen molar-refractivity contribution in [2.45, 2.75) is 25.7 Å². The molecular weight excluding hydrogens is 270 g/mol. The molecule has 0 aliphatic heterocycles. The van der Waals surface area contributed by atoms with Gasteiger partial charge in [-0.05, 0) is 52.7 Å². The molecule has 1 aromatic heterocycles. The summed E-state index contributed by atoms with van der Waals surface area (Å²) in [6.45, 7) is 2.17. The van der Waals surface area contributed by atoms with Crippen LogP contribution < -0.4 is 0 Å². The maximum atomic E-state index is 11.2. The van der Waals surface area contributed by atoms with Crippen molar-refractivity contribution in [2.75, 3.05) is 0 Å². The molecule has 0 aromatic carbocycles. The van der Waals surface area contributed by atoms with Gasteiger partial charge in [-0.1, -0.05) is 6.92 Å². The summed E-state index contributed by atoms with van der Waals surface area (Å²) in [7, 11) is 0. The van der Waals surface area contributed by atoms with E-state index in [0.29, 0.717) is 24.0 Å². The van der Waals surface area contributed by atoms with Gasteiger partial charge in [0.15, 0.2) is 0 Å². The fourth-order valence-electron chi connectivity index (χ4n) is 1.97. The average Bonchev–Trinajstić information content (AvgIpc) is 2.92. The van der Waals surface area contributed by atoms with E-state index >= 15 is 0 Å². The largest absolute Gasteiger partial charge is 0.481 e. The van der Waals surface area contributed by atoms with E-state index in [0.717, 1.165) is 10.9 Å². The van der Waals surface area contributed by atoms with Gasteiger partial charge in [-0.3, -0.25) is 9.78 Å². The number of pyridine rings is 1. The topological polar surface area (TPSA) is 50.2 Å². The second kappa shape index (κ2) is 4.53. The number of carbonyl (C=O) groups is 1. The van der Waals surface area contributed by atoms with Crippen molar-refractivity contribution in [3.63, 3.8) is 0 Å². The Hall–Kier alpha value is -0.900. The van der Waals surface area contributed by atoms with Crippen LogP contribution in [-0.4, -0.2) is 16.1 Å². The molecule has 1 fully saturated rings. The van der Waals surface area contributed by atoms with Crippen molar-refractivity contribution in [3.05, 3.63) is 28.5 Å². The van der Waals surface area contributed by atoms with Crippen LogP contribution in [0, 0.1) is 11.8 Å². The standard InChI is InChI=1S/C12H14BrNO2/c1-7-4-8(7)5-10(12(15)16)11-3-2-9(13)6-14-11/h2-3,6-8,10H,4-5H2,1H3,(H,15,16). The van der Waals surface area contributed by atoms with Crippen LogP contribution in [0.25, 0.3) is 0 Å². The van der Waals surface area contributed by atoms with Gasteiger partial charge in [0.05, 0.1) is 11.6 Å². The second-order valence-corrected chi connectivity index (χ2v) is 5.42. The molecule has 1 aliphatic rings. The zero-order valence-corrected chi connectivity index (χ0v) is 10.6. The summed E-state index contributed by atoms with van der Waals surface area (Å²) in [5.74, 6) is 0.0146. The highest BCUT2D eigenvalue weighted by Gasteiger charge is 2.37. The van der Waals surface area contributed by atoms with Crippen molar-refractivity contribution in [2.24, 2.45) is 11.8 Å². The highest BCUT2D eigenvalue weighted by Crippen LogP contribution is 2.44. The predicted octanol–water partition coefficient (Wildman–Crippen LogP) is 3.06. The minimum Gasteiger partial charge on any atom is -0.481 e. The van der Waals surface area contributed by atoms with Crippen LogP contribution in [0.4, 0.5) is 0 Å². The Labute approximate surface area is 103 Å². The third-order valence-electron chi connectivity index (χ3n) is 3.22. The Morgan fingerprint density at radius 3 is 2.81 bits per heavy atom. The zero-order chi connectivity index (χ0) is 11.7. The van der Waals surface area contributed by atoms with Gasteiger partial charge in [0, 0.05) is 10.7 Å². The van der Waals surface area contributed by atoms with Crippen LogP contribution in [0.3, 0.4) is 0 Å². The van der Waals surface area contributed by atoms with Gasteiger partial charge in [0.25, 0.3) is 0 Å². The number of aliphatic carboxylic acids is 1. The normalized spacial score (nSPS) is 25.1. The van der Waals surface area contributed by atoms with Crippen molar-refractivity contribution in [3.8, 4) is 0 Å². The first kappa shape index (κ1) is 11.6. The molecule has 1 aliphatic carbocycles. The number of hydrogen-bond acceptors (Lipinski definition) is 2. The summed E-state index contributed by atoms with van der Waals surface area (Å²) in [4.78, 5) is 15.4. The van der Waals surface area contributed by atoms with Crippen molar-refractivity contribution in [1.29, 1.82) is 0 Å². The molecule has 0 saturated heterocycles. The third kappa shape index (κ3) is 2.61. The molecule has 0 spiro atoms. The molecule has 1 N–H and O–H groups in total. The summed E-state index contributed by atoms with van der Waals surface area (Å²) >= 11 is 3.29. The van der Waals surface area contributed by atoms with Gasteiger partial charge in [-0.15, -0.1) is 0 Å². The lowest BCUT2D eigenvalue weighted by molar-refractivity contribution is -0.139. The Balaban J connectivity index is 2.12. The molecule has 1 saturated carbocycles. The molecule has 1 aromatic rings. The summed E-state index contributed by atoms with van der Waals surface area (Å²) < 4.78 is 0.875. The second-order valence-electron chi connectivity index (χ2n) is 4.50. The molecule has 3 atom stereocenters. The third-order valence-corrected chi connectivity index (χ3v) is 3.69. The SMILES string of the molecule is CC1CC1CC(C(=O)O)c1ccc(Br)cn1. The molecule has 3 unspecified atom stereocenters. The number of halogens is 1. The van der Waals surface area contributed by atoms with Crippen molar-refractivity contribution in [1.82, 2.24) is 4.98 Å². The monoisotopic (exact) mass is 283 g/mol. The fraction of sp³-hybridized carbons (Fsp3) is 0.500. The van der Waals surface area contributed by atoms with E-state index in [2.05, 4.69) is 27.8 Å². The quantitative estimate of drug-likeness (QED) is 0.924. The summed E-state index contributed by atoms with van der Waals surface area (Å²) in [5, 5.41) is 9.21. The maximum Gasteiger partial charge on any atom is 0.312 e. The first-order chi connectivity index (χ1) is 7.58. The number of hydrogen-bond donors (Lipinski definition) is 1. The molecule has 2 rings (SSSR count). The first-order valence-electron chi connectivity index (χ1n) is 5.42. The van der Waals surface area contributed by atoms with E-state index in [4.69, 9.17) is 0 Å². The molecule has 86 valence electrons. The maximum absolute atomic E-state index is 11.2. The molecular formula is C12H14BrNO2. The Kier molecular flexibility index (Phi) is 3.28. The van der Waals surface area contributed by atoms with Gasteiger partial charge in [-0.2, -0.15) is 0 Å². The smallest absolute Gasteiger partial charge is 0.312 e. The van der Waals surface area contributed by atoms with E-state index in [-0.39, 0.29) is 0 Å². The van der Waals surface area contributed by atoms with Crippen LogP contribution in [-0.2, 0) is 4.79 Å². The van der Waals surface area contributed by atoms with Crippen LogP contribution in [0.15, 0.2) is 22.8 Å². The minimum atomic E-state index is -0.770. The van der Waals surface area contributed by atoms with Crippen molar-refractivity contribution >= 4 is 21.9 Å². The van der Waals surface area contributed by atoms with Gasteiger partial charge in [0.1, 0.15) is 0 Å². The minimum absolute atomic E-state index is 0.456. The van der Waals surface area contributed by atoms with E-state index < -0.39 is 11.9 Å². The number of aromatic nitrogens is 1. The molecule has 3 nitrogen and oxygen atoms in total. The van der Waals surface area contributed by atoms with Crippen molar-refractivity contribution < 1.29 is 9.90 Å². The highest BCUT2D eigenvalue weighted by molar-refractivity contribution is 9.10. The van der Waals surface area contributed by atoms with Crippen LogP contribution in [0.2, 0.25) is 0 Å². The van der Waals surface area contributed by atoms with E-state index in [1.165, 1.54) is 0 Å². The van der Waals surface area contributed by atoms with E-state index in [1.54, 1.807) is 12.3 Å². The summed E-state index contributed by atoms with van der Waals surface area (Å²) in [5.41, 5.74) is 0.662. The number of nitrogens with zero attached hydrogens (tertiary/aromatic N) is 1. The summed E-state index contributed by atoms with van der Waals surface area (Å²) in [6, 6.07) is 3.63. The highest BCUT2D eigenvalue weighted by atomic mass is 79.9.